The Bertz CT molecular complexity index is 606. The zero-order chi connectivity index (χ0) is 14.2. The van der Waals surface area contributed by atoms with Crippen molar-refractivity contribution < 1.29 is 17.9 Å². The standard InChI is InChI=1S/C13H15NO4S/c1-4-12-10(3)18-13(15)14(12)19(16,17)11-7-5-9(2)6-8-11/h4-8,10,12H,1H2,2-3H3/t10-,12+/m1/s1. The second-order valence-electron chi connectivity index (χ2n) is 4.43. The average molecular weight is 281 g/mol. The second-order valence-corrected chi connectivity index (χ2v) is 6.24. The predicted molar refractivity (Wildman–Crippen MR) is 70.1 cm³/mol. The van der Waals surface area contributed by atoms with Crippen LogP contribution in [0.25, 0.3) is 0 Å². The molecule has 0 spiro atoms. The predicted octanol–water partition coefficient (Wildman–Crippen LogP) is 2.08. The summed E-state index contributed by atoms with van der Waals surface area (Å²) in [5.41, 5.74) is 0.941. The molecular weight excluding hydrogens is 266 g/mol. The Kier molecular flexibility index (Phi) is 3.36. The van der Waals surface area contributed by atoms with Crippen LogP contribution in [-0.2, 0) is 14.8 Å². The Morgan fingerprint density at radius 1 is 1.32 bits per heavy atom. The van der Waals surface area contributed by atoms with E-state index in [0.29, 0.717) is 0 Å². The van der Waals surface area contributed by atoms with Gasteiger partial charge in [-0.3, -0.25) is 0 Å². The summed E-state index contributed by atoms with van der Waals surface area (Å²) >= 11 is 0. The van der Waals surface area contributed by atoms with Crippen molar-refractivity contribution in [2.75, 3.05) is 0 Å². The molecule has 1 aliphatic heterocycles. The number of hydrogen-bond donors (Lipinski definition) is 0. The van der Waals surface area contributed by atoms with E-state index in [9.17, 15) is 13.2 Å². The minimum atomic E-state index is -3.91. The van der Waals surface area contributed by atoms with E-state index in [0.717, 1.165) is 9.87 Å². The van der Waals surface area contributed by atoms with Crippen LogP contribution in [0.4, 0.5) is 4.79 Å². The molecule has 1 aromatic rings. The van der Waals surface area contributed by atoms with Crippen LogP contribution >= 0.6 is 0 Å². The Labute approximate surface area is 112 Å². The Hall–Kier alpha value is -1.82. The minimum Gasteiger partial charge on any atom is -0.443 e. The molecule has 102 valence electrons. The summed E-state index contributed by atoms with van der Waals surface area (Å²) in [4.78, 5) is 11.8. The van der Waals surface area contributed by atoms with Gasteiger partial charge in [-0.1, -0.05) is 23.8 Å². The van der Waals surface area contributed by atoms with Crippen molar-refractivity contribution in [3.05, 3.63) is 42.5 Å². The number of sulfonamides is 1. The number of hydrogen-bond acceptors (Lipinski definition) is 4. The van der Waals surface area contributed by atoms with Crippen LogP contribution in [0.15, 0.2) is 41.8 Å². The van der Waals surface area contributed by atoms with Crippen molar-refractivity contribution in [3.63, 3.8) is 0 Å². The smallest absolute Gasteiger partial charge is 0.424 e. The van der Waals surface area contributed by atoms with Gasteiger partial charge in [0.1, 0.15) is 12.1 Å². The van der Waals surface area contributed by atoms with Gasteiger partial charge in [0.2, 0.25) is 0 Å². The third-order valence-corrected chi connectivity index (χ3v) is 4.82. The molecule has 0 saturated carbocycles. The molecule has 0 bridgehead atoms. The van der Waals surface area contributed by atoms with Crippen molar-refractivity contribution in [1.29, 1.82) is 0 Å². The molecule has 0 aromatic heterocycles. The highest BCUT2D eigenvalue weighted by atomic mass is 32.2. The summed E-state index contributed by atoms with van der Waals surface area (Å²) in [6.07, 6.45) is 0.00426. The number of cyclic esters (lactones) is 1. The second kappa shape index (κ2) is 4.70. The number of nitrogens with zero attached hydrogens (tertiary/aromatic N) is 1. The first-order valence-corrected chi connectivity index (χ1v) is 7.26. The number of aryl methyl sites for hydroxylation is 1. The van der Waals surface area contributed by atoms with E-state index in [4.69, 9.17) is 4.74 Å². The number of ether oxygens (including phenoxy) is 1. The fourth-order valence-corrected chi connectivity index (χ4v) is 3.49. The number of amides is 1. The van der Waals surface area contributed by atoms with Crippen LogP contribution in [0.5, 0.6) is 0 Å². The zero-order valence-corrected chi connectivity index (χ0v) is 11.6. The number of rotatable bonds is 3. The summed E-state index contributed by atoms with van der Waals surface area (Å²) in [6, 6.07) is 5.63. The van der Waals surface area contributed by atoms with Gasteiger partial charge in [-0.15, -0.1) is 6.58 Å². The molecule has 0 unspecified atom stereocenters. The van der Waals surface area contributed by atoms with E-state index < -0.39 is 28.3 Å². The highest BCUT2D eigenvalue weighted by Gasteiger charge is 2.45. The summed E-state index contributed by atoms with van der Waals surface area (Å²) in [6.45, 7) is 7.05. The van der Waals surface area contributed by atoms with Gasteiger partial charge in [0.15, 0.2) is 0 Å². The molecule has 0 radical (unpaired) electrons. The van der Waals surface area contributed by atoms with Crippen LogP contribution in [0.1, 0.15) is 12.5 Å². The maximum atomic E-state index is 12.4. The first kappa shape index (κ1) is 13.6. The fourth-order valence-electron chi connectivity index (χ4n) is 1.96. The van der Waals surface area contributed by atoms with Crippen molar-refractivity contribution in [2.45, 2.75) is 30.9 Å². The number of carbonyl (C=O) groups is 1. The lowest BCUT2D eigenvalue weighted by Gasteiger charge is -2.19. The molecule has 0 aliphatic carbocycles. The topological polar surface area (TPSA) is 63.7 Å². The van der Waals surface area contributed by atoms with Gasteiger partial charge in [-0.2, -0.15) is 4.31 Å². The average Bonchev–Trinajstić information content (AvgIpc) is 2.64. The van der Waals surface area contributed by atoms with Gasteiger partial charge >= 0.3 is 6.09 Å². The zero-order valence-electron chi connectivity index (χ0n) is 10.7. The van der Waals surface area contributed by atoms with Gasteiger partial charge in [-0.25, -0.2) is 13.2 Å². The molecular formula is C13H15NO4S. The monoisotopic (exact) mass is 281 g/mol. The molecule has 1 heterocycles. The molecule has 1 saturated heterocycles. The van der Waals surface area contributed by atoms with Crippen molar-refractivity contribution in [3.8, 4) is 0 Å². The SMILES string of the molecule is C=C[C@H]1[C@@H](C)OC(=O)N1S(=O)(=O)c1ccc(C)cc1. The quantitative estimate of drug-likeness (QED) is 0.796. The molecule has 1 aromatic carbocycles. The lowest BCUT2D eigenvalue weighted by molar-refractivity contribution is 0.142. The third kappa shape index (κ3) is 2.23. The molecule has 1 amide bonds. The van der Waals surface area contributed by atoms with Crippen LogP contribution in [-0.4, -0.2) is 31.0 Å². The van der Waals surface area contributed by atoms with E-state index in [1.165, 1.54) is 18.2 Å². The maximum Gasteiger partial charge on any atom is 0.424 e. The van der Waals surface area contributed by atoms with E-state index >= 15 is 0 Å². The van der Waals surface area contributed by atoms with Gasteiger partial charge < -0.3 is 4.74 Å². The first-order valence-electron chi connectivity index (χ1n) is 5.82. The van der Waals surface area contributed by atoms with Crippen LogP contribution in [0.2, 0.25) is 0 Å². The molecule has 1 fully saturated rings. The van der Waals surface area contributed by atoms with E-state index in [1.54, 1.807) is 19.1 Å². The molecule has 0 N–H and O–H groups in total. The first-order chi connectivity index (χ1) is 8.87. The van der Waals surface area contributed by atoms with Crippen molar-refractivity contribution in [1.82, 2.24) is 4.31 Å². The molecule has 5 nitrogen and oxygen atoms in total. The maximum absolute atomic E-state index is 12.4. The van der Waals surface area contributed by atoms with E-state index in [2.05, 4.69) is 6.58 Å². The fraction of sp³-hybridized carbons (Fsp3) is 0.308. The Morgan fingerprint density at radius 2 is 1.89 bits per heavy atom. The lowest BCUT2D eigenvalue weighted by Crippen LogP contribution is -2.39. The van der Waals surface area contributed by atoms with Gasteiger partial charge in [0.05, 0.1) is 4.90 Å². The van der Waals surface area contributed by atoms with E-state index in [1.807, 2.05) is 6.92 Å². The van der Waals surface area contributed by atoms with Gasteiger partial charge in [0.25, 0.3) is 10.0 Å². The summed E-state index contributed by atoms with van der Waals surface area (Å²) < 4.78 is 30.6. The Morgan fingerprint density at radius 3 is 2.42 bits per heavy atom. The molecule has 19 heavy (non-hydrogen) atoms. The van der Waals surface area contributed by atoms with Crippen molar-refractivity contribution in [2.24, 2.45) is 0 Å². The van der Waals surface area contributed by atoms with Crippen molar-refractivity contribution >= 4 is 16.1 Å². The Balaban J connectivity index is 2.47. The number of benzene rings is 1. The van der Waals surface area contributed by atoms with Crippen LogP contribution < -0.4 is 0 Å². The lowest BCUT2D eigenvalue weighted by atomic mass is 10.2. The molecule has 6 heteroatoms. The third-order valence-electron chi connectivity index (χ3n) is 3.04. The minimum absolute atomic E-state index is 0.0657. The van der Waals surface area contributed by atoms with Gasteiger partial charge in [0, 0.05) is 0 Å². The van der Waals surface area contributed by atoms with Crippen LogP contribution in [0, 0.1) is 6.92 Å². The summed E-state index contributed by atoms with van der Waals surface area (Å²) in [7, 11) is -3.91. The summed E-state index contributed by atoms with van der Waals surface area (Å²) in [5, 5.41) is 0. The largest absolute Gasteiger partial charge is 0.443 e. The highest BCUT2D eigenvalue weighted by Crippen LogP contribution is 2.28. The highest BCUT2D eigenvalue weighted by molar-refractivity contribution is 7.89. The van der Waals surface area contributed by atoms with Gasteiger partial charge in [-0.05, 0) is 26.0 Å². The van der Waals surface area contributed by atoms with Crippen LogP contribution in [0.3, 0.4) is 0 Å². The molecule has 2 rings (SSSR count). The molecule has 2 atom stereocenters. The molecule has 1 aliphatic rings. The number of carbonyl (C=O) groups excluding carboxylic acids is 1. The van der Waals surface area contributed by atoms with E-state index in [-0.39, 0.29) is 4.90 Å². The summed E-state index contributed by atoms with van der Waals surface area (Å²) in [5.74, 6) is 0. The normalized spacial score (nSPS) is 23.3.